The van der Waals surface area contributed by atoms with Crippen LogP contribution in [0, 0.1) is 6.92 Å². The van der Waals surface area contributed by atoms with Crippen LogP contribution in [0.4, 0.5) is 5.69 Å². The van der Waals surface area contributed by atoms with Crippen LogP contribution < -0.4 is 4.90 Å². The van der Waals surface area contributed by atoms with Crippen LogP contribution in [0.25, 0.3) is 0 Å². The first-order valence-electron chi connectivity index (χ1n) is 7.49. The minimum Gasteiger partial charge on any atom is -0.369 e. The van der Waals surface area contributed by atoms with Crippen LogP contribution >= 0.6 is 11.6 Å². The average molecular weight is 279 g/mol. The van der Waals surface area contributed by atoms with Gasteiger partial charge in [0, 0.05) is 25.7 Å². The molecular weight excluding hydrogens is 256 g/mol. The molecule has 19 heavy (non-hydrogen) atoms. The number of halogens is 1. The van der Waals surface area contributed by atoms with E-state index in [0.717, 1.165) is 24.2 Å². The summed E-state index contributed by atoms with van der Waals surface area (Å²) in [6, 6.07) is 7.10. The van der Waals surface area contributed by atoms with Gasteiger partial charge in [-0.2, -0.15) is 0 Å². The molecule has 2 nitrogen and oxygen atoms in total. The molecule has 3 rings (SSSR count). The Balaban J connectivity index is 1.82. The molecule has 1 atom stereocenters. The molecule has 0 radical (unpaired) electrons. The molecular formula is C16H23ClN2. The maximum atomic E-state index is 6.40. The molecule has 104 valence electrons. The Morgan fingerprint density at radius 3 is 2.84 bits per heavy atom. The smallest absolute Gasteiger partial charge is 0.0639 e. The van der Waals surface area contributed by atoms with Crippen LogP contribution in [-0.4, -0.2) is 37.1 Å². The fourth-order valence-corrected chi connectivity index (χ4v) is 3.69. The minimum absolute atomic E-state index is 0.729. The van der Waals surface area contributed by atoms with Gasteiger partial charge in [-0.05, 0) is 50.4 Å². The molecule has 0 saturated carbocycles. The molecule has 0 N–H and O–H groups in total. The van der Waals surface area contributed by atoms with E-state index in [0.29, 0.717) is 0 Å². The van der Waals surface area contributed by atoms with E-state index in [2.05, 4.69) is 28.9 Å². The Morgan fingerprint density at radius 2 is 1.95 bits per heavy atom. The van der Waals surface area contributed by atoms with Crippen molar-refractivity contribution < 1.29 is 0 Å². The lowest BCUT2D eigenvalue weighted by atomic mass is 10.0. The normalized spacial score (nSPS) is 24.9. The molecule has 1 aromatic rings. The third-order valence-corrected chi connectivity index (χ3v) is 4.82. The molecule has 2 saturated heterocycles. The number of anilines is 1. The van der Waals surface area contributed by atoms with Crippen LogP contribution in [-0.2, 0) is 0 Å². The van der Waals surface area contributed by atoms with Crippen LogP contribution in [0.3, 0.4) is 0 Å². The molecule has 0 spiro atoms. The Labute approximate surface area is 121 Å². The van der Waals surface area contributed by atoms with Crippen molar-refractivity contribution in [3.05, 3.63) is 28.8 Å². The maximum Gasteiger partial charge on any atom is 0.0639 e. The predicted octanol–water partition coefficient (Wildman–Crippen LogP) is 3.71. The Hall–Kier alpha value is -0.730. The van der Waals surface area contributed by atoms with Crippen LogP contribution in [0.15, 0.2) is 18.2 Å². The van der Waals surface area contributed by atoms with Crippen molar-refractivity contribution in [1.82, 2.24) is 4.90 Å². The number of benzene rings is 1. The van der Waals surface area contributed by atoms with Gasteiger partial charge in [0.15, 0.2) is 0 Å². The van der Waals surface area contributed by atoms with Gasteiger partial charge < -0.3 is 4.90 Å². The van der Waals surface area contributed by atoms with E-state index in [4.69, 9.17) is 11.6 Å². The van der Waals surface area contributed by atoms with Gasteiger partial charge in [-0.25, -0.2) is 0 Å². The predicted molar refractivity (Wildman–Crippen MR) is 82.2 cm³/mol. The molecule has 1 aromatic carbocycles. The standard InChI is InChI=1S/C16H23ClN2/c1-13-6-7-15(17)16(11-13)19-10-4-9-18-8-3-2-5-14(18)12-19/h6-7,11,14H,2-5,8-10,12H2,1H3. The van der Waals surface area contributed by atoms with Gasteiger partial charge in [0.1, 0.15) is 0 Å². The van der Waals surface area contributed by atoms with Crippen molar-refractivity contribution in [2.24, 2.45) is 0 Å². The lowest BCUT2D eigenvalue weighted by Crippen LogP contribution is -2.44. The Kier molecular flexibility index (Phi) is 3.99. The number of rotatable bonds is 1. The molecule has 0 aromatic heterocycles. The summed E-state index contributed by atoms with van der Waals surface area (Å²) in [5, 5.41) is 0.898. The number of hydrogen-bond acceptors (Lipinski definition) is 2. The zero-order valence-corrected chi connectivity index (χ0v) is 12.5. The second-order valence-electron chi connectivity index (χ2n) is 5.94. The first-order chi connectivity index (χ1) is 9.24. The van der Waals surface area contributed by atoms with Gasteiger partial charge >= 0.3 is 0 Å². The highest BCUT2D eigenvalue weighted by Crippen LogP contribution is 2.30. The third-order valence-electron chi connectivity index (χ3n) is 4.50. The number of hydrogen-bond donors (Lipinski definition) is 0. The fraction of sp³-hybridized carbons (Fsp3) is 0.625. The van der Waals surface area contributed by atoms with E-state index in [1.807, 2.05) is 6.07 Å². The number of fused-ring (bicyclic) bond motifs is 1. The first-order valence-corrected chi connectivity index (χ1v) is 7.87. The summed E-state index contributed by atoms with van der Waals surface area (Å²) in [6.45, 7) is 6.97. The van der Waals surface area contributed by atoms with E-state index in [9.17, 15) is 0 Å². The van der Waals surface area contributed by atoms with Gasteiger partial charge in [-0.15, -0.1) is 0 Å². The molecule has 1 unspecified atom stereocenters. The van der Waals surface area contributed by atoms with Crippen molar-refractivity contribution in [3.8, 4) is 0 Å². The van der Waals surface area contributed by atoms with Gasteiger partial charge in [0.05, 0.1) is 10.7 Å². The van der Waals surface area contributed by atoms with Crippen LogP contribution in [0.5, 0.6) is 0 Å². The zero-order valence-electron chi connectivity index (χ0n) is 11.7. The molecule has 0 aliphatic carbocycles. The first kappa shape index (κ1) is 13.3. The van der Waals surface area contributed by atoms with E-state index < -0.39 is 0 Å². The highest BCUT2D eigenvalue weighted by atomic mass is 35.5. The SMILES string of the molecule is Cc1ccc(Cl)c(N2CCCN3CCCCC3C2)c1. The van der Waals surface area contributed by atoms with Gasteiger partial charge in [0.2, 0.25) is 0 Å². The van der Waals surface area contributed by atoms with E-state index in [1.54, 1.807) is 0 Å². The maximum absolute atomic E-state index is 6.40. The van der Waals surface area contributed by atoms with Crippen molar-refractivity contribution >= 4 is 17.3 Å². The highest BCUT2D eigenvalue weighted by molar-refractivity contribution is 6.33. The lowest BCUT2D eigenvalue weighted by Gasteiger charge is -2.36. The molecule has 0 bridgehead atoms. The Morgan fingerprint density at radius 1 is 1.11 bits per heavy atom. The molecule has 3 heteroatoms. The average Bonchev–Trinajstić information content (AvgIpc) is 2.63. The summed E-state index contributed by atoms with van der Waals surface area (Å²) in [5.74, 6) is 0. The quantitative estimate of drug-likeness (QED) is 0.773. The summed E-state index contributed by atoms with van der Waals surface area (Å²) in [6.07, 6.45) is 5.36. The molecule has 2 aliphatic rings. The van der Waals surface area contributed by atoms with Crippen molar-refractivity contribution in [1.29, 1.82) is 0 Å². The molecule has 2 aliphatic heterocycles. The molecule has 0 amide bonds. The third kappa shape index (κ3) is 2.90. The number of aryl methyl sites for hydroxylation is 1. The van der Waals surface area contributed by atoms with Crippen LogP contribution in [0.1, 0.15) is 31.2 Å². The van der Waals surface area contributed by atoms with E-state index >= 15 is 0 Å². The zero-order chi connectivity index (χ0) is 13.2. The van der Waals surface area contributed by atoms with Crippen LogP contribution in [0.2, 0.25) is 5.02 Å². The van der Waals surface area contributed by atoms with Gasteiger partial charge in [-0.1, -0.05) is 24.1 Å². The number of piperidine rings is 1. The summed E-state index contributed by atoms with van der Waals surface area (Å²) in [4.78, 5) is 5.19. The summed E-state index contributed by atoms with van der Waals surface area (Å²) >= 11 is 6.40. The largest absolute Gasteiger partial charge is 0.369 e. The van der Waals surface area contributed by atoms with E-state index in [1.165, 1.54) is 50.0 Å². The number of nitrogens with zero attached hydrogens (tertiary/aromatic N) is 2. The topological polar surface area (TPSA) is 6.48 Å². The van der Waals surface area contributed by atoms with Crippen molar-refractivity contribution in [3.63, 3.8) is 0 Å². The summed E-state index contributed by atoms with van der Waals surface area (Å²) in [5.41, 5.74) is 2.53. The molecule has 2 fully saturated rings. The Bertz CT molecular complexity index is 446. The minimum atomic E-state index is 0.729. The highest BCUT2D eigenvalue weighted by Gasteiger charge is 2.27. The van der Waals surface area contributed by atoms with Gasteiger partial charge in [-0.3, -0.25) is 4.90 Å². The summed E-state index contributed by atoms with van der Waals surface area (Å²) in [7, 11) is 0. The second kappa shape index (κ2) is 5.72. The van der Waals surface area contributed by atoms with Gasteiger partial charge in [0.25, 0.3) is 0 Å². The van der Waals surface area contributed by atoms with E-state index in [-0.39, 0.29) is 0 Å². The molecule has 2 heterocycles. The van der Waals surface area contributed by atoms with Crippen molar-refractivity contribution in [2.45, 2.75) is 38.6 Å². The second-order valence-corrected chi connectivity index (χ2v) is 6.35. The fourth-order valence-electron chi connectivity index (χ4n) is 3.46. The van der Waals surface area contributed by atoms with Crippen molar-refractivity contribution in [2.75, 3.05) is 31.1 Å². The lowest BCUT2D eigenvalue weighted by molar-refractivity contribution is 0.162. The summed E-state index contributed by atoms with van der Waals surface area (Å²) < 4.78 is 0. The monoisotopic (exact) mass is 278 g/mol.